The average molecular weight is 433 g/mol. The first-order valence-electron chi connectivity index (χ1n) is 11.1. The fourth-order valence-corrected chi connectivity index (χ4v) is 3.73. The van der Waals surface area contributed by atoms with Gasteiger partial charge in [0.1, 0.15) is 5.82 Å². The molecular weight excluding hydrogens is 400 g/mol. The van der Waals surface area contributed by atoms with Gasteiger partial charge in [0, 0.05) is 18.5 Å². The molecule has 0 bridgehead atoms. The van der Waals surface area contributed by atoms with Crippen LogP contribution in [-0.2, 0) is 9.59 Å². The molecule has 2 amide bonds. The van der Waals surface area contributed by atoms with Crippen LogP contribution in [0.3, 0.4) is 0 Å². The number of nitrogens with one attached hydrogen (secondary N) is 1. The SMILES string of the molecule is CCC(=O)N(CC(=O)Nc1c(-c2ccccc2)c(C)nn1-c1ccc(C)cc1)CC(C)C. The summed E-state index contributed by atoms with van der Waals surface area (Å²) < 4.78 is 1.77. The molecule has 1 N–H and O–H groups in total. The van der Waals surface area contributed by atoms with Gasteiger partial charge in [0.15, 0.2) is 0 Å². The van der Waals surface area contributed by atoms with Crippen molar-refractivity contribution >= 4 is 17.6 Å². The van der Waals surface area contributed by atoms with Gasteiger partial charge in [0.05, 0.1) is 17.9 Å². The number of nitrogens with zero attached hydrogens (tertiary/aromatic N) is 3. The molecule has 0 saturated carbocycles. The van der Waals surface area contributed by atoms with Crippen molar-refractivity contribution in [1.82, 2.24) is 14.7 Å². The molecule has 6 nitrogen and oxygen atoms in total. The second-order valence-electron chi connectivity index (χ2n) is 8.49. The van der Waals surface area contributed by atoms with Gasteiger partial charge in [-0.3, -0.25) is 9.59 Å². The predicted octanol–water partition coefficient (Wildman–Crippen LogP) is 4.99. The fourth-order valence-electron chi connectivity index (χ4n) is 3.73. The van der Waals surface area contributed by atoms with E-state index in [0.717, 1.165) is 28.1 Å². The first kappa shape index (κ1) is 23.3. The summed E-state index contributed by atoms with van der Waals surface area (Å²) in [6, 6.07) is 17.9. The van der Waals surface area contributed by atoms with E-state index in [-0.39, 0.29) is 24.3 Å². The molecule has 2 aromatic carbocycles. The summed E-state index contributed by atoms with van der Waals surface area (Å²) in [6.07, 6.45) is 0.371. The summed E-state index contributed by atoms with van der Waals surface area (Å²) in [5, 5.41) is 7.80. The van der Waals surface area contributed by atoms with E-state index in [9.17, 15) is 9.59 Å². The summed E-state index contributed by atoms with van der Waals surface area (Å²) >= 11 is 0. The topological polar surface area (TPSA) is 67.2 Å². The molecule has 3 aromatic rings. The molecule has 0 aliphatic heterocycles. The van der Waals surface area contributed by atoms with E-state index in [4.69, 9.17) is 5.10 Å². The van der Waals surface area contributed by atoms with Crippen molar-refractivity contribution in [2.24, 2.45) is 5.92 Å². The Balaban J connectivity index is 2.00. The van der Waals surface area contributed by atoms with Crippen molar-refractivity contribution in [2.45, 2.75) is 41.0 Å². The van der Waals surface area contributed by atoms with Crippen LogP contribution >= 0.6 is 0 Å². The zero-order valence-electron chi connectivity index (χ0n) is 19.6. The van der Waals surface area contributed by atoms with Crippen LogP contribution in [0, 0.1) is 19.8 Å². The van der Waals surface area contributed by atoms with E-state index in [1.807, 2.05) is 89.2 Å². The van der Waals surface area contributed by atoms with Gasteiger partial charge in [-0.15, -0.1) is 0 Å². The second-order valence-corrected chi connectivity index (χ2v) is 8.49. The van der Waals surface area contributed by atoms with Crippen molar-refractivity contribution in [3.05, 3.63) is 65.9 Å². The summed E-state index contributed by atoms with van der Waals surface area (Å²) in [7, 11) is 0. The van der Waals surface area contributed by atoms with Gasteiger partial charge in [-0.25, -0.2) is 4.68 Å². The standard InChI is InChI=1S/C26H32N4O2/c1-6-24(32)29(16-18(2)3)17-23(31)27-26-25(21-10-8-7-9-11-21)20(5)28-30(26)22-14-12-19(4)13-15-22/h7-15,18H,6,16-17H2,1-5H3,(H,27,31). The van der Waals surface area contributed by atoms with Gasteiger partial charge < -0.3 is 10.2 Å². The maximum absolute atomic E-state index is 13.1. The molecule has 0 unspecified atom stereocenters. The second kappa shape index (κ2) is 10.3. The Morgan fingerprint density at radius 3 is 2.28 bits per heavy atom. The quantitative estimate of drug-likeness (QED) is 0.545. The van der Waals surface area contributed by atoms with Crippen molar-refractivity contribution in [3.8, 4) is 16.8 Å². The Bertz CT molecular complexity index is 1070. The Morgan fingerprint density at radius 2 is 1.69 bits per heavy atom. The lowest BCUT2D eigenvalue weighted by Crippen LogP contribution is -2.40. The minimum Gasteiger partial charge on any atom is -0.333 e. The molecule has 0 atom stereocenters. The van der Waals surface area contributed by atoms with Crippen LogP contribution in [0.4, 0.5) is 5.82 Å². The Kier molecular flexibility index (Phi) is 7.46. The summed E-state index contributed by atoms with van der Waals surface area (Å²) in [5.74, 6) is 0.618. The third-order valence-corrected chi connectivity index (χ3v) is 5.23. The number of carbonyl (C=O) groups excluding carboxylic acids is 2. The maximum atomic E-state index is 13.1. The Morgan fingerprint density at radius 1 is 1.03 bits per heavy atom. The number of hydrogen-bond donors (Lipinski definition) is 1. The van der Waals surface area contributed by atoms with E-state index in [2.05, 4.69) is 5.32 Å². The fraction of sp³-hybridized carbons (Fsp3) is 0.346. The molecule has 0 radical (unpaired) electrons. The monoisotopic (exact) mass is 432 g/mol. The highest BCUT2D eigenvalue weighted by atomic mass is 16.2. The van der Waals surface area contributed by atoms with Crippen LogP contribution in [0.1, 0.15) is 38.4 Å². The van der Waals surface area contributed by atoms with E-state index < -0.39 is 0 Å². The van der Waals surface area contributed by atoms with Crippen LogP contribution < -0.4 is 5.32 Å². The number of rotatable bonds is 8. The van der Waals surface area contributed by atoms with Gasteiger partial charge in [-0.2, -0.15) is 5.10 Å². The zero-order chi connectivity index (χ0) is 23.3. The molecule has 1 heterocycles. The van der Waals surface area contributed by atoms with Crippen molar-refractivity contribution in [3.63, 3.8) is 0 Å². The molecular formula is C26H32N4O2. The number of aryl methyl sites for hydroxylation is 2. The molecule has 0 spiro atoms. The highest BCUT2D eigenvalue weighted by Gasteiger charge is 2.22. The minimum atomic E-state index is -0.238. The molecule has 0 fully saturated rings. The number of hydrogen-bond acceptors (Lipinski definition) is 3. The minimum absolute atomic E-state index is 0.0111. The summed E-state index contributed by atoms with van der Waals surface area (Å²) in [5.41, 5.74) is 4.67. The smallest absolute Gasteiger partial charge is 0.245 e. The highest BCUT2D eigenvalue weighted by molar-refractivity contribution is 5.98. The predicted molar refractivity (Wildman–Crippen MR) is 129 cm³/mol. The first-order chi connectivity index (χ1) is 15.3. The van der Waals surface area contributed by atoms with E-state index in [0.29, 0.717) is 18.8 Å². The van der Waals surface area contributed by atoms with Gasteiger partial charge in [0.2, 0.25) is 11.8 Å². The third-order valence-electron chi connectivity index (χ3n) is 5.23. The van der Waals surface area contributed by atoms with Crippen molar-refractivity contribution in [1.29, 1.82) is 0 Å². The number of aromatic nitrogens is 2. The molecule has 0 saturated heterocycles. The lowest BCUT2D eigenvalue weighted by atomic mass is 10.1. The van der Waals surface area contributed by atoms with Crippen molar-refractivity contribution < 1.29 is 9.59 Å². The molecule has 3 rings (SSSR count). The maximum Gasteiger partial charge on any atom is 0.245 e. The number of benzene rings is 2. The average Bonchev–Trinajstić information content (AvgIpc) is 3.09. The van der Waals surface area contributed by atoms with Gasteiger partial charge >= 0.3 is 0 Å². The Labute approximate surface area is 190 Å². The number of anilines is 1. The van der Waals surface area contributed by atoms with Crippen LogP contribution in [0.25, 0.3) is 16.8 Å². The normalized spacial score (nSPS) is 10.9. The van der Waals surface area contributed by atoms with Crippen LogP contribution in [0.5, 0.6) is 0 Å². The summed E-state index contributed by atoms with van der Waals surface area (Å²) in [4.78, 5) is 27.1. The first-order valence-corrected chi connectivity index (χ1v) is 11.1. The number of amides is 2. The number of carbonyl (C=O) groups is 2. The molecule has 0 aliphatic carbocycles. The molecule has 1 aromatic heterocycles. The molecule has 0 aliphatic rings. The molecule has 168 valence electrons. The van der Waals surface area contributed by atoms with Gasteiger partial charge in [0.25, 0.3) is 0 Å². The lowest BCUT2D eigenvalue weighted by molar-refractivity contribution is -0.134. The van der Waals surface area contributed by atoms with E-state index in [1.165, 1.54) is 0 Å². The van der Waals surface area contributed by atoms with Crippen LogP contribution in [0.15, 0.2) is 54.6 Å². The lowest BCUT2D eigenvalue weighted by Gasteiger charge is -2.24. The van der Waals surface area contributed by atoms with E-state index >= 15 is 0 Å². The van der Waals surface area contributed by atoms with Crippen LogP contribution in [0.2, 0.25) is 0 Å². The van der Waals surface area contributed by atoms with E-state index in [1.54, 1.807) is 9.58 Å². The Hall–Kier alpha value is -3.41. The zero-order valence-corrected chi connectivity index (χ0v) is 19.6. The molecule has 32 heavy (non-hydrogen) atoms. The van der Waals surface area contributed by atoms with Crippen molar-refractivity contribution in [2.75, 3.05) is 18.4 Å². The largest absolute Gasteiger partial charge is 0.333 e. The van der Waals surface area contributed by atoms with Gasteiger partial charge in [-0.05, 0) is 37.5 Å². The highest BCUT2D eigenvalue weighted by Crippen LogP contribution is 2.33. The van der Waals surface area contributed by atoms with Gasteiger partial charge in [-0.1, -0.05) is 68.8 Å². The molecule has 6 heteroatoms. The third kappa shape index (κ3) is 5.44. The summed E-state index contributed by atoms with van der Waals surface area (Å²) in [6.45, 7) is 10.4. The van der Waals surface area contributed by atoms with Crippen LogP contribution in [-0.4, -0.2) is 39.6 Å².